The van der Waals surface area contributed by atoms with Crippen molar-refractivity contribution in [3.63, 3.8) is 0 Å². The zero-order valence-corrected chi connectivity index (χ0v) is 19.6. The molecule has 1 aromatic heterocycles. The minimum absolute atomic E-state index is 0.161. The number of rotatable bonds is 8. The Balaban J connectivity index is 1.89. The third kappa shape index (κ3) is 5.08. The van der Waals surface area contributed by atoms with E-state index in [4.69, 9.17) is 4.74 Å². The maximum atomic E-state index is 13.3. The highest BCUT2D eigenvalue weighted by molar-refractivity contribution is 7.94. The highest BCUT2D eigenvalue weighted by Crippen LogP contribution is 2.33. The lowest BCUT2D eigenvalue weighted by Gasteiger charge is -2.26. The van der Waals surface area contributed by atoms with E-state index in [0.29, 0.717) is 11.4 Å². The number of carbonyl (C=O) groups is 1. The van der Waals surface area contributed by atoms with E-state index in [1.807, 2.05) is 39.0 Å². The number of nitrogens with one attached hydrogen (secondary N) is 1. The van der Waals surface area contributed by atoms with E-state index in [2.05, 4.69) is 5.32 Å². The molecule has 1 N–H and O–H groups in total. The largest absolute Gasteiger partial charge is 0.495 e. The molecule has 3 rings (SSSR count). The molecule has 0 bridgehead atoms. The molecule has 164 valence electrons. The first kappa shape index (κ1) is 22.8. The van der Waals surface area contributed by atoms with Crippen molar-refractivity contribution >= 4 is 33.0 Å². The van der Waals surface area contributed by atoms with Gasteiger partial charge in [0.25, 0.3) is 10.0 Å². The maximum absolute atomic E-state index is 13.3. The van der Waals surface area contributed by atoms with E-state index in [-0.39, 0.29) is 16.8 Å². The minimum atomic E-state index is -3.94. The third-order valence-electron chi connectivity index (χ3n) is 5.09. The molecule has 0 saturated heterocycles. The van der Waals surface area contributed by atoms with Crippen LogP contribution in [-0.4, -0.2) is 28.0 Å². The molecule has 31 heavy (non-hydrogen) atoms. The minimum Gasteiger partial charge on any atom is -0.495 e. The number of hydrogen-bond acceptors (Lipinski definition) is 5. The molecule has 0 spiro atoms. The van der Waals surface area contributed by atoms with Crippen molar-refractivity contribution in [2.45, 2.75) is 31.0 Å². The van der Waals surface area contributed by atoms with Gasteiger partial charge in [0.05, 0.1) is 18.8 Å². The molecule has 3 aromatic rings. The van der Waals surface area contributed by atoms with E-state index >= 15 is 0 Å². The molecule has 0 radical (unpaired) electrons. The van der Waals surface area contributed by atoms with Gasteiger partial charge in [0.2, 0.25) is 5.91 Å². The Morgan fingerprint density at radius 1 is 1.10 bits per heavy atom. The number of nitrogens with zero attached hydrogens (tertiary/aromatic N) is 1. The van der Waals surface area contributed by atoms with Crippen LogP contribution >= 0.6 is 11.3 Å². The lowest BCUT2D eigenvalue weighted by molar-refractivity contribution is -0.120. The van der Waals surface area contributed by atoms with Gasteiger partial charge in [0.15, 0.2) is 0 Å². The fourth-order valence-electron chi connectivity index (χ4n) is 3.19. The summed E-state index contributed by atoms with van der Waals surface area (Å²) >= 11 is 1.10. The number of thiophene rings is 1. The molecule has 0 aliphatic carbocycles. The Hall–Kier alpha value is -2.84. The van der Waals surface area contributed by atoms with E-state index < -0.39 is 15.9 Å². The van der Waals surface area contributed by atoms with Crippen LogP contribution in [0.5, 0.6) is 5.75 Å². The molecule has 6 nitrogen and oxygen atoms in total. The van der Waals surface area contributed by atoms with Crippen LogP contribution in [-0.2, 0) is 14.8 Å². The average molecular weight is 459 g/mol. The number of carbonyl (C=O) groups excluding carboxylic acids is 1. The highest BCUT2D eigenvalue weighted by atomic mass is 32.2. The number of para-hydroxylation sites is 2. The van der Waals surface area contributed by atoms with Crippen LogP contribution in [0.15, 0.2) is 64.2 Å². The molecule has 0 saturated carbocycles. The summed E-state index contributed by atoms with van der Waals surface area (Å²) in [5.41, 5.74) is 3.58. The van der Waals surface area contributed by atoms with Gasteiger partial charge in [-0.05, 0) is 61.0 Å². The number of ether oxygens (including phenoxy) is 1. The molecule has 1 atom stereocenters. The summed E-state index contributed by atoms with van der Waals surface area (Å²) in [5.74, 6) is -0.0330. The number of benzene rings is 2. The van der Waals surface area contributed by atoms with Crippen molar-refractivity contribution < 1.29 is 17.9 Å². The van der Waals surface area contributed by atoms with E-state index in [1.54, 1.807) is 35.7 Å². The summed E-state index contributed by atoms with van der Waals surface area (Å²) in [4.78, 5) is 12.9. The number of amides is 1. The van der Waals surface area contributed by atoms with Gasteiger partial charge in [-0.15, -0.1) is 11.3 Å². The second-order valence-corrected chi connectivity index (χ2v) is 10.3. The lowest BCUT2D eigenvalue weighted by atomic mass is 10.0. The van der Waals surface area contributed by atoms with Gasteiger partial charge in [-0.2, -0.15) is 0 Å². The average Bonchev–Trinajstić information content (AvgIpc) is 3.29. The maximum Gasteiger partial charge on any atom is 0.274 e. The Morgan fingerprint density at radius 2 is 1.84 bits per heavy atom. The molecule has 2 aromatic carbocycles. The van der Waals surface area contributed by atoms with Crippen molar-refractivity contribution in [2.24, 2.45) is 0 Å². The summed E-state index contributed by atoms with van der Waals surface area (Å²) in [6, 6.07) is 15.7. The van der Waals surface area contributed by atoms with Crippen molar-refractivity contribution in [3.8, 4) is 5.75 Å². The fourth-order valence-corrected chi connectivity index (χ4v) is 5.73. The lowest BCUT2D eigenvalue weighted by Crippen LogP contribution is -2.41. The van der Waals surface area contributed by atoms with E-state index in [9.17, 15) is 13.2 Å². The first-order valence-electron chi connectivity index (χ1n) is 9.80. The Kier molecular flexibility index (Phi) is 7.02. The van der Waals surface area contributed by atoms with Gasteiger partial charge in [-0.1, -0.05) is 36.4 Å². The first-order chi connectivity index (χ1) is 14.7. The Morgan fingerprint density at radius 3 is 2.48 bits per heavy atom. The summed E-state index contributed by atoms with van der Waals surface area (Å²) in [6.45, 7) is 5.56. The van der Waals surface area contributed by atoms with Gasteiger partial charge in [-0.3, -0.25) is 9.10 Å². The number of aryl methyl sites for hydroxylation is 2. The Bertz CT molecular complexity index is 1160. The molecule has 0 fully saturated rings. The predicted molar refractivity (Wildman–Crippen MR) is 124 cm³/mol. The number of anilines is 1. The highest BCUT2D eigenvalue weighted by Gasteiger charge is 2.30. The fraction of sp³-hybridized carbons (Fsp3) is 0.261. The van der Waals surface area contributed by atoms with Crippen molar-refractivity contribution in [3.05, 3.63) is 76.7 Å². The van der Waals surface area contributed by atoms with Gasteiger partial charge in [0, 0.05) is 0 Å². The van der Waals surface area contributed by atoms with Crippen molar-refractivity contribution in [1.29, 1.82) is 0 Å². The predicted octanol–water partition coefficient (Wildman–Crippen LogP) is 4.45. The molecule has 1 unspecified atom stereocenters. The Labute approximate surface area is 187 Å². The summed E-state index contributed by atoms with van der Waals surface area (Å²) < 4.78 is 33.3. The van der Waals surface area contributed by atoms with Gasteiger partial charge in [-0.25, -0.2) is 8.42 Å². The van der Waals surface area contributed by atoms with Crippen LogP contribution in [0.3, 0.4) is 0 Å². The topological polar surface area (TPSA) is 75.7 Å². The molecule has 0 aliphatic rings. The monoisotopic (exact) mass is 458 g/mol. The summed E-state index contributed by atoms with van der Waals surface area (Å²) in [7, 11) is -2.47. The van der Waals surface area contributed by atoms with Gasteiger partial charge < -0.3 is 10.1 Å². The van der Waals surface area contributed by atoms with Crippen LogP contribution < -0.4 is 14.4 Å². The van der Waals surface area contributed by atoms with Crippen LogP contribution in [0.1, 0.15) is 29.7 Å². The number of sulfonamides is 1. The van der Waals surface area contributed by atoms with Crippen LogP contribution in [0.25, 0.3) is 0 Å². The van der Waals surface area contributed by atoms with Crippen molar-refractivity contribution in [1.82, 2.24) is 5.32 Å². The second kappa shape index (κ2) is 9.53. The number of methoxy groups -OCH3 is 1. The van der Waals surface area contributed by atoms with Gasteiger partial charge >= 0.3 is 0 Å². The van der Waals surface area contributed by atoms with Gasteiger partial charge in [0.1, 0.15) is 16.5 Å². The summed E-state index contributed by atoms with van der Waals surface area (Å²) in [5, 5.41) is 4.61. The molecule has 1 amide bonds. The van der Waals surface area contributed by atoms with E-state index in [1.165, 1.54) is 18.7 Å². The van der Waals surface area contributed by atoms with Crippen LogP contribution in [0.4, 0.5) is 5.69 Å². The molecule has 8 heteroatoms. The molecule has 1 heterocycles. The first-order valence-corrected chi connectivity index (χ1v) is 12.1. The smallest absolute Gasteiger partial charge is 0.274 e. The zero-order valence-electron chi connectivity index (χ0n) is 18.0. The van der Waals surface area contributed by atoms with Crippen LogP contribution in [0, 0.1) is 13.8 Å². The molecular weight excluding hydrogens is 432 g/mol. The SMILES string of the molecule is COc1ccccc1N(CC(=O)NC(C)c1ccc(C)c(C)c1)S(=O)(=O)c1cccs1. The normalized spacial score (nSPS) is 12.3. The standard InChI is InChI=1S/C23H26N2O4S2/c1-16-11-12-19(14-17(16)2)18(3)24-22(26)15-25(20-8-5-6-9-21(20)29-4)31(27,28)23-10-7-13-30-23/h5-14,18H,15H2,1-4H3,(H,24,26). The summed E-state index contributed by atoms with van der Waals surface area (Å²) in [6.07, 6.45) is 0. The quantitative estimate of drug-likeness (QED) is 0.541. The molecular formula is C23H26N2O4S2. The van der Waals surface area contributed by atoms with Crippen LogP contribution in [0.2, 0.25) is 0 Å². The van der Waals surface area contributed by atoms with E-state index in [0.717, 1.165) is 26.8 Å². The number of hydrogen-bond donors (Lipinski definition) is 1. The molecule has 0 aliphatic heterocycles. The third-order valence-corrected chi connectivity index (χ3v) is 8.22. The zero-order chi connectivity index (χ0) is 22.6. The van der Waals surface area contributed by atoms with Crippen molar-refractivity contribution in [2.75, 3.05) is 18.0 Å². The second-order valence-electron chi connectivity index (χ2n) is 7.25.